The standard InChI is InChI=1S/C25H29ClN6O3S/c1-3-17-5-4-6-21(26)23(17)36(34,35)32-15-20-22(16-32)28-29-24(20)27-25(33)18-7-9-19(10-8-18)31-13-11-30(2)12-14-31/h4-10H,3,11-16H2,1-2H3,(H2,27,28,29,33). The number of H-pyrrole nitrogens is 1. The van der Waals surface area contributed by atoms with Crippen LogP contribution in [-0.4, -0.2) is 67.0 Å². The highest BCUT2D eigenvalue weighted by molar-refractivity contribution is 7.89. The van der Waals surface area contributed by atoms with Gasteiger partial charge in [0, 0.05) is 49.5 Å². The van der Waals surface area contributed by atoms with Crippen molar-refractivity contribution in [2.75, 3.05) is 43.4 Å². The first-order chi connectivity index (χ1) is 17.3. The number of anilines is 2. The molecule has 9 nitrogen and oxygen atoms in total. The minimum Gasteiger partial charge on any atom is -0.369 e. The number of aromatic nitrogens is 2. The number of likely N-dealkylation sites (N-methyl/N-ethyl adjacent to an activating group) is 1. The third kappa shape index (κ3) is 4.61. The van der Waals surface area contributed by atoms with Crippen molar-refractivity contribution in [3.05, 3.63) is 69.9 Å². The van der Waals surface area contributed by atoms with E-state index >= 15 is 0 Å². The van der Waals surface area contributed by atoms with E-state index in [4.69, 9.17) is 11.6 Å². The van der Waals surface area contributed by atoms with E-state index in [0.717, 1.165) is 31.9 Å². The lowest BCUT2D eigenvalue weighted by Crippen LogP contribution is -2.44. The zero-order valence-corrected chi connectivity index (χ0v) is 21.9. The molecule has 0 atom stereocenters. The molecule has 0 radical (unpaired) electrons. The van der Waals surface area contributed by atoms with Crippen molar-refractivity contribution in [3.8, 4) is 0 Å². The fourth-order valence-corrected chi connectivity index (χ4v) is 6.90. The van der Waals surface area contributed by atoms with Gasteiger partial charge in [0.15, 0.2) is 5.82 Å². The minimum atomic E-state index is -3.83. The summed E-state index contributed by atoms with van der Waals surface area (Å²) in [4.78, 5) is 17.7. The molecule has 3 aromatic rings. The van der Waals surface area contributed by atoms with Crippen LogP contribution in [0.1, 0.15) is 34.1 Å². The summed E-state index contributed by atoms with van der Waals surface area (Å²) in [6.45, 7) is 6.05. The number of fused-ring (bicyclic) bond motifs is 1. The molecule has 11 heteroatoms. The normalized spacial score (nSPS) is 16.8. The summed E-state index contributed by atoms with van der Waals surface area (Å²) in [5.41, 5.74) is 3.59. The number of benzene rings is 2. The van der Waals surface area contributed by atoms with Gasteiger partial charge in [-0.1, -0.05) is 30.7 Å². The van der Waals surface area contributed by atoms with Crippen LogP contribution in [0.5, 0.6) is 0 Å². The van der Waals surface area contributed by atoms with Crippen LogP contribution in [0, 0.1) is 0 Å². The second kappa shape index (κ2) is 9.85. The zero-order chi connectivity index (χ0) is 25.4. The van der Waals surface area contributed by atoms with Gasteiger partial charge in [0.25, 0.3) is 5.91 Å². The Balaban J connectivity index is 1.29. The van der Waals surface area contributed by atoms with Crippen LogP contribution >= 0.6 is 11.6 Å². The third-order valence-corrected chi connectivity index (χ3v) is 9.24. The maximum atomic E-state index is 13.5. The Morgan fingerprint density at radius 3 is 2.50 bits per heavy atom. The van der Waals surface area contributed by atoms with Gasteiger partial charge >= 0.3 is 0 Å². The molecular formula is C25H29ClN6O3S. The molecule has 3 heterocycles. The van der Waals surface area contributed by atoms with Gasteiger partial charge in [-0.2, -0.15) is 9.40 Å². The number of aromatic amines is 1. The van der Waals surface area contributed by atoms with E-state index in [-0.39, 0.29) is 28.9 Å². The second-order valence-corrected chi connectivity index (χ2v) is 11.5. The predicted octanol–water partition coefficient (Wildman–Crippen LogP) is 3.33. The van der Waals surface area contributed by atoms with Crippen molar-refractivity contribution in [3.63, 3.8) is 0 Å². The van der Waals surface area contributed by atoms with E-state index in [1.165, 1.54) is 4.31 Å². The largest absolute Gasteiger partial charge is 0.369 e. The van der Waals surface area contributed by atoms with Gasteiger partial charge in [0.2, 0.25) is 10.0 Å². The number of carbonyl (C=O) groups excluding carboxylic acids is 1. The number of rotatable bonds is 6. The number of nitrogens with zero attached hydrogens (tertiary/aromatic N) is 4. The van der Waals surface area contributed by atoms with Crippen molar-refractivity contribution >= 4 is 39.0 Å². The summed E-state index contributed by atoms with van der Waals surface area (Å²) in [7, 11) is -1.72. The van der Waals surface area contributed by atoms with E-state index in [0.29, 0.717) is 34.6 Å². The Morgan fingerprint density at radius 2 is 1.81 bits per heavy atom. The molecule has 1 aromatic heterocycles. The molecule has 2 N–H and O–H groups in total. The molecule has 0 aliphatic carbocycles. The summed E-state index contributed by atoms with van der Waals surface area (Å²) >= 11 is 6.30. The number of aryl methyl sites for hydroxylation is 1. The lowest BCUT2D eigenvalue weighted by Gasteiger charge is -2.34. The molecule has 5 rings (SSSR count). The summed E-state index contributed by atoms with van der Waals surface area (Å²) in [6, 6.07) is 12.6. The van der Waals surface area contributed by atoms with E-state index in [9.17, 15) is 13.2 Å². The van der Waals surface area contributed by atoms with E-state index in [2.05, 4.69) is 32.4 Å². The van der Waals surface area contributed by atoms with Gasteiger partial charge in [-0.3, -0.25) is 9.89 Å². The van der Waals surface area contributed by atoms with E-state index in [1.54, 1.807) is 30.3 Å². The molecule has 1 saturated heterocycles. The van der Waals surface area contributed by atoms with E-state index < -0.39 is 10.0 Å². The topological polar surface area (TPSA) is 102 Å². The monoisotopic (exact) mass is 528 g/mol. The summed E-state index contributed by atoms with van der Waals surface area (Å²) in [6.07, 6.45) is 0.546. The maximum Gasteiger partial charge on any atom is 0.256 e. The quantitative estimate of drug-likeness (QED) is 0.509. The fraction of sp³-hybridized carbons (Fsp3) is 0.360. The highest BCUT2D eigenvalue weighted by atomic mass is 35.5. The maximum absolute atomic E-state index is 13.5. The van der Waals surface area contributed by atoms with Crippen LogP contribution in [0.3, 0.4) is 0 Å². The fourth-order valence-electron chi connectivity index (χ4n) is 4.70. The number of halogens is 1. The molecule has 36 heavy (non-hydrogen) atoms. The first-order valence-corrected chi connectivity index (χ1v) is 13.8. The first kappa shape index (κ1) is 24.8. The van der Waals surface area contributed by atoms with Gasteiger partial charge in [-0.05, 0) is 49.4 Å². The Hall–Kier alpha value is -2.92. The molecule has 0 spiro atoms. The number of hydrogen-bond donors (Lipinski definition) is 2. The third-order valence-electron chi connectivity index (χ3n) is 6.88. The average molecular weight is 529 g/mol. The molecule has 2 aliphatic rings. The summed E-state index contributed by atoms with van der Waals surface area (Å²) < 4.78 is 28.3. The number of sulfonamides is 1. The van der Waals surface area contributed by atoms with Crippen molar-refractivity contribution < 1.29 is 13.2 Å². The van der Waals surface area contributed by atoms with Crippen LogP contribution in [0.4, 0.5) is 11.5 Å². The molecule has 2 aromatic carbocycles. The molecule has 0 unspecified atom stereocenters. The lowest BCUT2D eigenvalue weighted by molar-refractivity contribution is 0.102. The molecule has 1 fully saturated rings. The van der Waals surface area contributed by atoms with Crippen molar-refractivity contribution in [1.29, 1.82) is 0 Å². The molecule has 1 amide bonds. The molecule has 190 valence electrons. The zero-order valence-electron chi connectivity index (χ0n) is 20.3. The molecular weight excluding hydrogens is 500 g/mol. The number of hydrogen-bond acceptors (Lipinski definition) is 6. The van der Waals surface area contributed by atoms with Gasteiger partial charge in [-0.15, -0.1) is 0 Å². The Morgan fingerprint density at radius 1 is 1.08 bits per heavy atom. The van der Waals surface area contributed by atoms with Crippen molar-refractivity contribution in [2.24, 2.45) is 0 Å². The van der Waals surface area contributed by atoms with Crippen molar-refractivity contribution in [2.45, 2.75) is 31.3 Å². The van der Waals surface area contributed by atoms with Crippen LogP contribution < -0.4 is 10.2 Å². The summed E-state index contributed by atoms with van der Waals surface area (Å²) in [5, 5.41) is 10.2. The number of amides is 1. The molecule has 0 bridgehead atoms. The van der Waals surface area contributed by atoms with E-state index in [1.807, 2.05) is 19.1 Å². The highest BCUT2D eigenvalue weighted by Crippen LogP contribution is 2.35. The van der Waals surface area contributed by atoms with Gasteiger partial charge in [-0.25, -0.2) is 8.42 Å². The van der Waals surface area contributed by atoms with Crippen LogP contribution in [0.15, 0.2) is 47.4 Å². The average Bonchev–Trinajstić information content (AvgIpc) is 3.47. The predicted molar refractivity (Wildman–Crippen MR) is 140 cm³/mol. The Labute approximate surface area is 216 Å². The second-order valence-electron chi connectivity index (χ2n) is 9.18. The van der Waals surface area contributed by atoms with Gasteiger partial charge in [0.05, 0.1) is 17.3 Å². The number of nitrogens with one attached hydrogen (secondary N) is 2. The number of piperazine rings is 1. The minimum absolute atomic E-state index is 0.0977. The molecule has 2 aliphatic heterocycles. The van der Waals surface area contributed by atoms with Crippen LogP contribution in [-0.2, 0) is 29.5 Å². The first-order valence-electron chi connectivity index (χ1n) is 12.0. The summed E-state index contributed by atoms with van der Waals surface area (Å²) in [5.74, 6) is 0.0422. The number of carbonyl (C=O) groups is 1. The van der Waals surface area contributed by atoms with Gasteiger partial charge < -0.3 is 15.1 Å². The smallest absolute Gasteiger partial charge is 0.256 e. The Bertz CT molecular complexity index is 1380. The Kier molecular flexibility index (Phi) is 6.78. The van der Waals surface area contributed by atoms with Crippen molar-refractivity contribution in [1.82, 2.24) is 19.4 Å². The molecule has 0 saturated carbocycles. The highest BCUT2D eigenvalue weighted by Gasteiger charge is 2.36. The van der Waals surface area contributed by atoms with Crippen LogP contribution in [0.25, 0.3) is 0 Å². The SMILES string of the molecule is CCc1cccc(Cl)c1S(=O)(=O)N1Cc2[nH]nc(NC(=O)c3ccc(N4CCN(C)CC4)cc3)c2C1. The van der Waals surface area contributed by atoms with Crippen LogP contribution in [0.2, 0.25) is 5.02 Å². The van der Waals surface area contributed by atoms with Gasteiger partial charge in [0.1, 0.15) is 4.90 Å². The lowest BCUT2D eigenvalue weighted by atomic mass is 10.1.